The Hall–Kier alpha value is -4.05. The van der Waals surface area contributed by atoms with E-state index < -0.39 is 30.3 Å². The van der Waals surface area contributed by atoms with Crippen LogP contribution < -0.4 is 15.7 Å². The van der Waals surface area contributed by atoms with Gasteiger partial charge in [0.05, 0.1) is 32.7 Å². The fourth-order valence-electron chi connectivity index (χ4n) is 6.41. The SMILES string of the molecule is C[N+](C)(CCN)C1COC2=CC=CC/C2=C2\C(C3CCCCC3)c3ccc(C(=O)O)cc3N2C1.O=C(O)C(F)(F)F.O=C([O-])C(F)(F)F. The van der Waals surface area contributed by atoms with Crippen LogP contribution in [0.2, 0.25) is 0 Å². The minimum absolute atomic E-state index is 0.207. The Kier molecular flexibility index (Phi) is 12.4. The second-order valence-corrected chi connectivity index (χ2v) is 12.4. The van der Waals surface area contributed by atoms with E-state index >= 15 is 0 Å². The average molecular weight is 692 g/mol. The number of carbonyl (C=O) groups is 3. The molecule has 2 unspecified atom stereocenters. The van der Waals surface area contributed by atoms with Gasteiger partial charge in [0, 0.05) is 29.4 Å². The summed E-state index contributed by atoms with van der Waals surface area (Å²) in [5, 5.41) is 25.7. The molecule has 48 heavy (non-hydrogen) atoms. The molecule has 5 rings (SSSR count). The van der Waals surface area contributed by atoms with Crippen LogP contribution in [0.5, 0.6) is 0 Å². The molecular formula is C32H39F6N3O7. The number of ether oxygens (including phenoxy) is 1. The fraction of sp³-hybridized carbons (Fsp3) is 0.531. The Bertz CT molecular complexity index is 1420. The van der Waals surface area contributed by atoms with Crippen LogP contribution in [0, 0.1) is 5.92 Å². The van der Waals surface area contributed by atoms with Crippen molar-refractivity contribution in [1.82, 2.24) is 0 Å². The zero-order valence-corrected chi connectivity index (χ0v) is 26.4. The zero-order chi connectivity index (χ0) is 36.0. The molecule has 2 atom stereocenters. The summed E-state index contributed by atoms with van der Waals surface area (Å²) < 4.78 is 70.6. The number of quaternary nitrogens is 1. The maximum absolute atomic E-state index is 11.9. The number of alkyl halides is 6. The molecule has 2 aliphatic carbocycles. The van der Waals surface area contributed by atoms with Crippen LogP contribution in [-0.4, -0.2) is 91.3 Å². The number of carbonyl (C=O) groups excluding carboxylic acids is 1. The number of likely N-dealkylation sites (N-methyl/N-ethyl adjacent to an activating group) is 1. The molecule has 1 saturated carbocycles. The third-order valence-corrected chi connectivity index (χ3v) is 8.91. The summed E-state index contributed by atoms with van der Waals surface area (Å²) in [6.07, 6.45) is 3.30. The van der Waals surface area contributed by atoms with Crippen molar-refractivity contribution in [3.63, 3.8) is 0 Å². The van der Waals surface area contributed by atoms with E-state index in [1.807, 2.05) is 6.07 Å². The molecule has 0 aromatic heterocycles. The van der Waals surface area contributed by atoms with E-state index in [9.17, 15) is 36.2 Å². The first kappa shape index (κ1) is 38.4. The number of halogens is 6. The highest BCUT2D eigenvalue weighted by molar-refractivity contribution is 5.90. The maximum Gasteiger partial charge on any atom is 0.490 e. The van der Waals surface area contributed by atoms with Crippen molar-refractivity contribution in [2.75, 3.05) is 45.2 Å². The number of carboxylic acids is 3. The normalized spacial score (nSPS) is 22.5. The lowest BCUT2D eigenvalue weighted by Crippen LogP contribution is -2.58. The average Bonchev–Trinajstić information content (AvgIpc) is 3.30. The van der Waals surface area contributed by atoms with E-state index in [0.29, 0.717) is 24.6 Å². The highest BCUT2D eigenvalue weighted by atomic mass is 19.4. The van der Waals surface area contributed by atoms with Gasteiger partial charge in [0.2, 0.25) is 0 Å². The van der Waals surface area contributed by atoms with Crippen LogP contribution in [0.3, 0.4) is 0 Å². The van der Waals surface area contributed by atoms with Crippen molar-refractivity contribution >= 4 is 23.6 Å². The van der Waals surface area contributed by atoms with Gasteiger partial charge in [-0.25, -0.2) is 9.59 Å². The van der Waals surface area contributed by atoms with E-state index in [1.165, 1.54) is 48.9 Å². The van der Waals surface area contributed by atoms with Gasteiger partial charge in [-0.3, -0.25) is 0 Å². The smallest absolute Gasteiger partial charge is 0.490 e. The Labute approximate surface area is 273 Å². The summed E-state index contributed by atoms with van der Waals surface area (Å²) in [4.78, 5) is 32.1. The minimum Gasteiger partial charge on any atom is -0.542 e. The molecule has 1 aromatic carbocycles. The van der Waals surface area contributed by atoms with E-state index in [2.05, 4.69) is 43.3 Å². The maximum atomic E-state index is 11.9. The number of nitrogens with two attached hydrogens (primary N) is 1. The van der Waals surface area contributed by atoms with E-state index in [4.69, 9.17) is 30.3 Å². The Morgan fingerprint density at radius 2 is 1.65 bits per heavy atom. The standard InChI is InChI=1S/C28H37N3O3.2C2HF3O2/c1-31(2,15-14-29)21-17-30-24-16-20(28(32)33)12-13-22(24)26(19-8-4-3-5-9-19)27(30)23-10-6-7-11-25(23)34-18-21;2*3-2(4,5)1(6)7/h6-7,11-13,16,19,21,26H,3-5,8-10,14-15,17-18,29H2,1-2H3;2*(H,6,7)/b27-23-;;. The van der Waals surface area contributed by atoms with Gasteiger partial charge in [0.15, 0.2) is 0 Å². The molecule has 4 N–H and O–H groups in total. The first-order chi connectivity index (χ1) is 22.3. The van der Waals surface area contributed by atoms with Crippen LogP contribution in [0.1, 0.15) is 60.4 Å². The van der Waals surface area contributed by atoms with E-state index in [0.717, 1.165) is 35.4 Å². The largest absolute Gasteiger partial charge is 0.542 e. The first-order valence-corrected chi connectivity index (χ1v) is 15.3. The number of allylic oxidation sites excluding steroid dienone is 5. The topological polar surface area (TPSA) is 153 Å². The van der Waals surface area contributed by atoms with Crippen molar-refractivity contribution in [2.45, 2.75) is 62.8 Å². The number of fused-ring (bicyclic) bond motifs is 4. The number of aromatic carboxylic acids is 1. The molecule has 0 bridgehead atoms. The third-order valence-electron chi connectivity index (χ3n) is 8.91. The molecule has 2 heterocycles. The van der Waals surface area contributed by atoms with Crippen LogP contribution in [0.25, 0.3) is 0 Å². The third kappa shape index (κ3) is 9.30. The van der Waals surface area contributed by atoms with Crippen LogP contribution in [-0.2, 0) is 14.3 Å². The second kappa shape index (κ2) is 15.4. The highest BCUT2D eigenvalue weighted by Crippen LogP contribution is 2.54. The van der Waals surface area contributed by atoms with Gasteiger partial charge in [0.25, 0.3) is 0 Å². The molecule has 10 nitrogen and oxygen atoms in total. The number of benzene rings is 1. The molecule has 2 aliphatic heterocycles. The Morgan fingerprint density at radius 1 is 1.04 bits per heavy atom. The summed E-state index contributed by atoms with van der Waals surface area (Å²) in [5.41, 5.74) is 11.3. The predicted molar refractivity (Wildman–Crippen MR) is 159 cm³/mol. The van der Waals surface area contributed by atoms with Crippen LogP contribution in [0.4, 0.5) is 32.0 Å². The summed E-state index contributed by atoms with van der Waals surface area (Å²) in [6.45, 7) is 2.89. The summed E-state index contributed by atoms with van der Waals surface area (Å²) in [5.74, 6) is -4.79. The zero-order valence-electron chi connectivity index (χ0n) is 26.4. The molecule has 16 heteroatoms. The van der Waals surface area contributed by atoms with Crippen molar-refractivity contribution in [1.29, 1.82) is 0 Å². The number of anilines is 1. The lowest BCUT2D eigenvalue weighted by atomic mass is 9.75. The number of rotatable bonds is 5. The molecule has 0 amide bonds. The first-order valence-electron chi connectivity index (χ1n) is 15.3. The van der Waals surface area contributed by atoms with Crippen LogP contribution >= 0.6 is 0 Å². The minimum atomic E-state index is -5.19. The highest BCUT2D eigenvalue weighted by Gasteiger charge is 2.45. The molecule has 1 fully saturated rings. The molecule has 0 spiro atoms. The molecule has 266 valence electrons. The summed E-state index contributed by atoms with van der Waals surface area (Å²) in [7, 11) is 4.45. The van der Waals surface area contributed by atoms with Gasteiger partial charge in [-0.05, 0) is 49.0 Å². The van der Waals surface area contributed by atoms with Crippen LogP contribution in [0.15, 0.2) is 53.5 Å². The van der Waals surface area contributed by atoms with Gasteiger partial charge in [-0.2, -0.15) is 26.3 Å². The summed E-state index contributed by atoms with van der Waals surface area (Å²) in [6, 6.07) is 6.00. The number of hydrogen-bond acceptors (Lipinski definition) is 7. The fourth-order valence-corrected chi connectivity index (χ4v) is 6.41. The van der Waals surface area contributed by atoms with Gasteiger partial charge in [0.1, 0.15) is 24.4 Å². The van der Waals surface area contributed by atoms with Crippen molar-refractivity contribution in [3.8, 4) is 0 Å². The number of carboxylic acid groups (broad SMARTS) is 3. The lowest BCUT2D eigenvalue weighted by Gasteiger charge is -2.43. The van der Waals surface area contributed by atoms with Crippen molar-refractivity contribution < 1.29 is 65.3 Å². The monoisotopic (exact) mass is 691 g/mol. The molecule has 4 aliphatic rings. The molecule has 0 saturated heterocycles. The predicted octanol–water partition coefficient (Wildman–Crippen LogP) is 4.33. The van der Waals surface area contributed by atoms with Gasteiger partial charge in [-0.15, -0.1) is 0 Å². The molecule has 0 radical (unpaired) electrons. The van der Waals surface area contributed by atoms with E-state index in [-0.39, 0.29) is 12.0 Å². The van der Waals surface area contributed by atoms with Gasteiger partial charge in [-0.1, -0.05) is 37.5 Å². The quantitative estimate of drug-likeness (QED) is 0.303. The molecular weight excluding hydrogens is 652 g/mol. The number of aliphatic carboxylic acids is 2. The number of hydrogen-bond donors (Lipinski definition) is 3. The van der Waals surface area contributed by atoms with Crippen molar-refractivity contribution in [2.24, 2.45) is 11.7 Å². The number of nitrogens with zero attached hydrogens (tertiary/aromatic N) is 2. The Morgan fingerprint density at radius 3 is 2.17 bits per heavy atom. The lowest BCUT2D eigenvalue weighted by molar-refractivity contribution is -0.912. The van der Waals surface area contributed by atoms with Crippen molar-refractivity contribution in [3.05, 3.63) is 64.6 Å². The van der Waals surface area contributed by atoms with Gasteiger partial charge >= 0.3 is 24.3 Å². The summed E-state index contributed by atoms with van der Waals surface area (Å²) >= 11 is 0. The Balaban J connectivity index is 0.000000376. The van der Waals surface area contributed by atoms with E-state index in [1.54, 1.807) is 6.07 Å². The second-order valence-electron chi connectivity index (χ2n) is 12.4. The molecule has 1 aromatic rings. The van der Waals surface area contributed by atoms with Gasteiger partial charge < -0.3 is 40.0 Å².